The van der Waals surface area contributed by atoms with E-state index < -0.39 is 14.4 Å². The Kier molecular flexibility index (Phi) is 5.58. The van der Waals surface area contributed by atoms with E-state index in [1.54, 1.807) is 6.92 Å². The summed E-state index contributed by atoms with van der Waals surface area (Å²) >= 11 is 0. The van der Waals surface area contributed by atoms with Gasteiger partial charge in [0, 0.05) is 13.0 Å². The molecule has 0 heterocycles. The van der Waals surface area contributed by atoms with Crippen molar-refractivity contribution in [3.05, 3.63) is 0 Å². The minimum Gasteiger partial charge on any atom is -0.416 e. The first kappa shape index (κ1) is 14.7. The summed E-state index contributed by atoms with van der Waals surface area (Å²) in [6.07, 6.45) is 0.176. The van der Waals surface area contributed by atoms with Crippen LogP contribution in [-0.2, 0) is 4.43 Å². The third-order valence-corrected chi connectivity index (χ3v) is 7.35. The van der Waals surface area contributed by atoms with Gasteiger partial charge in [0.1, 0.15) is 6.10 Å². The van der Waals surface area contributed by atoms with Crippen LogP contribution in [0.3, 0.4) is 0 Å². The Hall–Kier alpha value is -0.303. The lowest BCUT2D eigenvalue weighted by Crippen LogP contribution is -2.40. The van der Waals surface area contributed by atoms with Crippen LogP contribution in [0, 0.1) is 11.8 Å². The molecule has 0 rings (SSSR count). The van der Waals surface area contributed by atoms with Crippen molar-refractivity contribution in [2.75, 3.05) is 6.61 Å². The Labute approximate surface area is 95.2 Å². The molecule has 0 aromatic carbocycles. The third-order valence-electron chi connectivity index (χ3n) is 2.81. The molecule has 2 nitrogen and oxygen atoms in total. The van der Waals surface area contributed by atoms with E-state index in [-0.39, 0.29) is 5.04 Å². The quantitative estimate of drug-likeness (QED) is 0.457. The fraction of sp³-hybridized carbons (Fsp3) is 0.833. The van der Waals surface area contributed by atoms with E-state index in [4.69, 9.17) is 9.53 Å². The molecule has 0 aliphatic heterocycles. The maximum absolute atomic E-state index is 8.94. The largest absolute Gasteiger partial charge is 0.416 e. The fourth-order valence-corrected chi connectivity index (χ4v) is 1.84. The molecule has 3 heteroatoms. The first-order chi connectivity index (χ1) is 6.67. The molecule has 0 radical (unpaired) electrons. The van der Waals surface area contributed by atoms with Crippen molar-refractivity contribution >= 4 is 8.32 Å². The molecule has 0 saturated carbocycles. The van der Waals surface area contributed by atoms with Crippen molar-refractivity contribution in [1.29, 1.82) is 0 Å². The number of aliphatic hydroxyl groups is 1. The summed E-state index contributed by atoms with van der Waals surface area (Å²) < 4.78 is 5.93. The number of hydrogen-bond acceptors (Lipinski definition) is 2. The summed E-state index contributed by atoms with van der Waals surface area (Å²) in [7, 11) is -1.61. The van der Waals surface area contributed by atoms with Crippen LogP contribution in [0.15, 0.2) is 0 Å². The molecule has 0 aromatic rings. The molecule has 0 unspecified atom stereocenters. The van der Waals surface area contributed by atoms with E-state index >= 15 is 0 Å². The van der Waals surface area contributed by atoms with Gasteiger partial charge in [0.2, 0.25) is 0 Å². The molecule has 88 valence electrons. The van der Waals surface area contributed by atoms with Gasteiger partial charge in [-0.1, -0.05) is 32.6 Å². The van der Waals surface area contributed by atoms with Crippen LogP contribution in [0.1, 0.15) is 34.1 Å². The Balaban J connectivity index is 3.93. The van der Waals surface area contributed by atoms with Crippen molar-refractivity contribution in [2.24, 2.45) is 0 Å². The molecular formula is C12H24O2Si. The van der Waals surface area contributed by atoms with E-state index in [9.17, 15) is 0 Å². The van der Waals surface area contributed by atoms with Crippen molar-refractivity contribution in [3.8, 4) is 11.8 Å². The Morgan fingerprint density at radius 3 is 2.27 bits per heavy atom. The van der Waals surface area contributed by atoms with Gasteiger partial charge < -0.3 is 9.53 Å². The highest BCUT2D eigenvalue weighted by atomic mass is 28.4. The normalized spacial score (nSPS) is 14.3. The molecule has 0 aromatic heterocycles. The predicted octanol–water partition coefficient (Wildman–Crippen LogP) is 2.78. The second-order valence-corrected chi connectivity index (χ2v) is 10.2. The summed E-state index contributed by atoms with van der Waals surface area (Å²) in [4.78, 5) is 0. The molecule has 0 aliphatic rings. The second-order valence-electron chi connectivity index (χ2n) is 5.36. The SMILES string of the molecule is C[C@H](O)C#CCCO[Si](C)(C)C(C)(C)C. The van der Waals surface area contributed by atoms with E-state index in [0.29, 0.717) is 13.0 Å². The Bertz CT molecular complexity index is 241. The van der Waals surface area contributed by atoms with Crippen molar-refractivity contribution < 1.29 is 9.53 Å². The molecule has 0 saturated heterocycles. The highest BCUT2D eigenvalue weighted by Crippen LogP contribution is 2.36. The molecule has 0 aliphatic carbocycles. The lowest BCUT2D eigenvalue weighted by Gasteiger charge is -2.35. The van der Waals surface area contributed by atoms with Crippen LogP contribution in [0.4, 0.5) is 0 Å². The minimum absolute atomic E-state index is 0.255. The lowest BCUT2D eigenvalue weighted by atomic mass is 10.2. The highest BCUT2D eigenvalue weighted by molar-refractivity contribution is 6.74. The predicted molar refractivity (Wildman–Crippen MR) is 67.2 cm³/mol. The van der Waals surface area contributed by atoms with Crippen LogP contribution in [0.25, 0.3) is 0 Å². The molecule has 0 amide bonds. The van der Waals surface area contributed by atoms with Crippen LogP contribution in [0.2, 0.25) is 18.1 Å². The van der Waals surface area contributed by atoms with Gasteiger partial charge in [-0.15, -0.1) is 0 Å². The summed E-state index contributed by atoms with van der Waals surface area (Å²) in [6, 6.07) is 0. The van der Waals surface area contributed by atoms with Crippen molar-refractivity contribution in [3.63, 3.8) is 0 Å². The van der Waals surface area contributed by atoms with Gasteiger partial charge in [-0.25, -0.2) is 0 Å². The molecule has 0 bridgehead atoms. The van der Waals surface area contributed by atoms with Crippen LogP contribution in [-0.4, -0.2) is 26.1 Å². The lowest BCUT2D eigenvalue weighted by molar-refractivity contribution is 0.253. The number of hydrogen-bond donors (Lipinski definition) is 1. The summed E-state index contributed by atoms with van der Waals surface area (Å²) in [5.74, 6) is 5.62. The fourth-order valence-electron chi connectivity index (χ4n) is 0.794. The zero-order chi connectivity index (χ0) is 12.1. The standard InChI is InChI=1S/C12H24O2Si/c1-11(13)9-7-8-10-14-15(5,6)12(2,3)4/h11,13H,8,10H2,1-6H3/t11-/m0/s1. The molecule has 1 atom stereocenters. The maximum atomic E-state index is 8.94. The van der Waals surface area contributed by atoms with Crippen molar-refractivity contribution in [1.82, 2.24) is 0 Å². The van der Waals surface area contributed by atoms with Gasteiger partial charge in [-0.05, 0) is 25.1 Å². The first-order valence-corrected chi connectivity index (χ1v) is 8.38. The zero-order valence-electron chi connectivity index (χ0n) is 10.8. The zero-order valence-corrected chi connectivity index (χ0v) is 11.8. The maximum Gasteiger partial charge on any atom is 0.192 e. The van der Waals surface area contributed by atoms with Gasteiger partial charge in [-0.2, -0.15) is 0 Å². The van der Waals surface area contributed by atoms with Gasteiger partial charge >= 0.3 is 0 Å². The van der Waals surface area contributed by atoms with E-state index in [1.165, 1.54) is 0 Å². The first-order valence-electron chi connectivity index (χ1n) is 5.47. The third kappa shape index (κ3) is 5.98. The Morgan fingerprint density at radius 2 is 1.87 bits per heavy atom. The van der Waals surface area contributed by atoms with Gasteiger partial charge in [0.05, 0.1) is 0 Å². The van der Waals surface area contributed by atoms with Gasteiger partial charge in [0.25, 0.3) is 0 Å². The molecule has 1 N–H and O–H groups in total. The number of aliphatic hydroxyl groups excluding tert-OH is 1. The molecule has 0 fully saturated rings. The Morgan fingerprint density at radius 1 is 1.33 bits per heavy atom. The average Bonchev–Trinajstić information content (AvgIpc) is 2.00. The summed E-state index contributed by atoms with van der Waals surface area (Å²) in [5.41, 5.74) is 0. The minimum atomic E-state index is -1.61. The van der Waals surface area contributed by atoms with Gasteiger partial charge in [0.15, 0.2) is 8.32 Å². The smallest absolute Gasteiger partial charge is 0.192 e. The van der Waals surface area contributed by atoms with Crippen molar-refractivity contribution in [2.45, 2.75) is 58.4 Å². The van der Waals surface area contributed by atoms with Gasteiger partial charge in [-0.3, -0.25) is 0 Å². The molecular weight excluding hydrogens is 204 g/mol. The average molecular weight is 228 g/mol. The summed E-state index contributed by atoms with van der Waals surface area (Å²) in [5, 5.41) is 9.19. The monoisotopic (exact) mass is 228 g/mol. The van der Waals surface area contributed by atoms with E-state index in [0.717, 1.165) is 0 Å². The highest BCUT2D eigenvalue weighted by Gasteiger charge is 2.36. The van der Waals surface area contributed by atoms with Crippen LogP contribution >= 0.6 is 0 Å². The molecule has 15 heavy (non-hydrogen) atoms. The van der Waals surface area contributed by atoms with E-state index in [1.807, 2.05) is 0 Å². The topological polar surface area (TPSA) is 29.5 Å². The second kappa shape index (κ2) is 5.69. The van der Waals surface area contributed by atoms with E-state index in [2.05, 4.69) is 45.7 Å². The summed E-state index contributed by atoms with van der Waals surface area (Å²) in [6.45, 7) is 13.5. The number of rotatable bonds is 3. The molecule has 0 spiro atoms. The van der Waals surface area contributed by atoms with Crippen LogP contribution in [0.5, 0.6) is 0 Å². The van der Waals surface area contributed by atoms with Crippen LogP contribution < -0.4 is 0 Å².